The second kappa shape index (κ2) is 4.89. The molecule has 0 radical (unpaired) electrons. The highest BCUT2D eigenvalue weighted by Gasteiger charge is 1.87. The number of rotatable bonds is 3. The average Bonchev–Trinajstić information content (AvgIpc) is 1.83. The first kappa shape index (κ1) is 7.74. The first-order chi connectivity index (χ1) is 3.81. The molecule has 0 aliphatic carbocycles. The van der Waals surface area contributed by atoms with Gasteiger partial charge in [-0.3, -0.25) is 0 Å². The van der Waals surface area contributed by atoms with Crippen LogP contribution in [0.25, 0.3) is 0 Å². The van der Waals surface area contributed by atoms with Gasteiger partial charge in [-0.25, -0.2) is 0 Å². The SMILES string of the molecule is CC/C=C\[C@@H](C)CC. The Balaban J connectivity index is 3.21. The molecule has 0 aliphatic heterocycles. The molecule has 1 atom stereocenters. The molecule has 0 amide bonds. The Morgan fingerprint density at radius 2 is 2.00 bits per heavy atom. The van der Waals surface area contributed by atoms with E-state index in [1.807, 2.05) is 0 Å². The predicted molar refractivity (Wildman–Crippen MR) is 38.9 cm³/mol. The largest absolute Gasteiger partial charge is 0.0885 e. The van der Waals surface area contributed by atoms with E-state index in [1.165, 1.54) is 12.8 Å². The van der Waals surface area contributed by atoms with E-state index in [9.17, 15) is 0 Å². The van der Waals surface area contributed by atoms with E-state index in [0.29, 0.717) is 0 Å². The summed E-state index contributed by atoms with van der Waals surface area (Å²) in [5.74, 6) is 0.773. The normalized spacial score (nSPS) is 14.9. The molecule has 0 spiro atoms. The highest BCUT2D eigenvalue weighted by Crippen LogP contribution is 2.01. The zero-order valence-electron chi connectivity index (χ0n) is 6.15. The highest BCUT2D eigenvalue weighted by atomic mass is 13.9. The molecule has 0 aromatic heterocycles. The van der Waals surface area contributed by atoms with Crippen LogP contribution in [0.1, 0.15) is 33.6 Å². The lowest BCUT2D eigenvalue weighted by Gasteiger charge is -1.96. The number of allylic oxidation sites excluding steroid dienone is 2. The van der Waals surface area contributed by atoms with E-state index in [-0.39, 0.29) is 0 Å². The minimum Gasteiger partial charge on any atom is -0.0885 e. The van der Waals surface area contributed by atoms with Gasteiger partial charge in [0.05, 0.1) is 0 Å². The molecule has 48 valence electrons. The standard InChI is InChI=1S/C8H16/c1-4-6-7-8(3)5-2/h6-8H,4-5H2,1-3H3/b7-6-/t8-/m0/s1. The summed E-state index contributed by atoms with van der Waals surface area (Å²) < 4.78 is 0. The smallest absolute Gasteiger partial charge is 0.0265 e. The quantitative estimate of drug-likeness (QED) is 0.492. The summed E-state index contributed by atoms with van der Waals surface area (Å²) in [6.45, 7) is 6.62. The van der Waals surface area contributed by atoms with E-state index in [1.54, 1.807) is 0 Å². The summed E-state index contributed by atoms with van der Waals surface area (Å²) in [6.07, 6.45) is 6.94. The maximum atomic E-state index is 2.28. The Morgan fingerprint density at radius 1 is 1.38 bits per heavy atom. The van der Waals surface area contributed by atoms with Crippen molar-refractivity contribution in [3.8, 4) is 0 Å². The fraction of sp³-hybridized carbons (Fsp3) is 0.750. The third-order valence-corrected chi connectivity index (χ3v) is 1.34. The maximum absolute atomic E-state index is 2.28. The molecular weight excluding hydrogens is 96.1 g/mol. The van der Waals surface area contributed by atoms with Crippen LogP contribution in [0.4, 0.5) is 0 Å². The minimum absolute atomic E-state index is 0.773. The molecule has 0 saturated heterocycles. The van der Waals surface area contributed by atoms with E-state index in [0.717, 1.165) is 5.92 Å². The fourth-order valence-corrected chi connectivity index (χ4v) is 0.504. The third-order valence-electron chi connectivity index (χ3n) is 1.34. The molecule has 0 nitrogen and oxygen atoms in total. The molecular formula is C8H16. The Labute approximate surface area is 52.6 Å². The van der Waals surface area contributed by atoms with E-state index in [4.69, 9.17) is 0 Å². The van der Waals surface area contributed by atoms with Crippen molar-refractivity contribution in [2.24, 2.45) is 5.92 Å². The Kier molecular flexibility index (Phi) is 4.73. The summed E-state index contributed by atoms with van der Waals surface area (Å²) in [7, 11) is 0. The van der Waals surface area contributed by atoms with Crippen LogP contribution in [0.3, 0.4) is 0 Å². The summed E-state index contributed by atoms with van der Waals surface area (Å²) in [6, 6.07) is 0. The summed E-state index contributed by atoms with van der Waals surface area (Å²) in [5.41, 5.74) is 0. The maximum Gasteiger partial charge on any atom is -0.0265 e. The molecule has 0 rings (SSSR count). The van der Waals surface area contributed by atoms with Gasteiger partial charge in [0.2, 0.25) is 0 Å². The van der Waals surface area contributed by atoms with Gasteiger partial charge < -0.3 is 0 Å². The van der Waals surface area contributed by atoms with Gasteiger partial charge >= 0.3 is 0 Å². The van der Waals surface area contributed by atoms with Crippen LogP contribution in [0, 0.1) is 5.92 Å². The molecule has 0 aromatic rings. The average molecular weight is 112 g/mol. The zero-order chi connectivity index (χ0) is 6.41. The first-order valence-electron chi connectivity index (χ1n) is 3.47. The van der Waals surface area contributed by atoms with Crippen molar-refractivity contribution in [1.29, 1.82) is 0 Å². The van der Waals surface area contributed by atoms with Crippen LogP contribution in [0.15, 0.2) is 12.2 Å². The van der Waals surface area contributed by atoms with Crippen molar-refractivity contribution in [3.63, 3.8) is 0 Å². The molecule has 0 heterocycles. The van der Waals surface area contributed by atoms with E-state index in [2.05, 4.69) is 32.9 Å². The Bertz CT molecular complexity index is 62.4. The fourth-order valence-electron chi connectivity index (χ4n) is 0.504. The van der Waals surface area contributed by atoms with Crippen LogP contribution >= 0.6 is 0 Å². The van der Waals surface area contributed by atoms with Gasteiger partial charge in [-0.05, 0) is 12.3 Å². The van der Waals surface area contributed by atoms with E-state index < -0.39 is 0 Å². The summed E-state index contributed by atoms with van der Waals surface area (Å²) >= 11 is 0. The second-order valence-electron chi connectivity index (χ2n) is 2.22. The van der Waals surface area contributed by atoms with Crippen LogP contribution in [0.5, 0.6) is 0 Å². The first-order valence-corrected chi connectivity index (χ1v) is 3.47. The van der Waals surface area contributed by atoms with Gasteiger partial charge in [-0.2, -0.15) is 0 Å². The molecule has 0 bridgehead atoms. The molecule has 0 N–H and O–H groups in total. The number of hydrogen-bond donors (Lipinski definition) is 0. The second-order valence-corrected chi connectivity index (χ2v) is 2.22. The molecule has 0 aromatic carbocycles. The van der Waals surface area contributed by atoms with Crippen molar-refractivity contribution < 1.29 is 0 Å². The summed E-state index contributed by atoms with van der Waals surface area (Å²) in [4.78, 5) is 0. The van der Waals surface area contributed by atoms with E-state index >= 15 is 0 Å². The van der Waals surface area contributed by atoms with Crippen molar-refractivity contribution in [3.05, 3.63) is 12.2 Å². The van der Waals surface area contributed by atoms with Gasteiger partial charge in [-0.15, -0.1) is 0 Å². The Hall–Kier alpha value is -0.260. The lowest BCUT2D eigenvalue weighted by atomic mass is 10.1. The highest BCUT2D eigenvalue weighted by molar-refractivity contribution is 4.84. The van der Waals surface area contributed by atoms with Gasteiger partial charge in [0.1, 0.15) is 0 Å². The molecule has 0 fully saturated rings. The Morgan fingerprint density at radius 3 is 2.38 bits per heavy atom. The summed E-state index contributed by atoms with van der Waals surface area (Å²) in [5, 5.41) is 0. The lowest BCUT2D eigenvalue weighted by molar-refractivity contribution is 0.695. The molecule has 0 unspecified atom stereocenters. The van der Waals surface area contributed by atoms with Crippen LogP contribution in [-0.2, 0) is 0 Å². The molecule has 8 heavy (non-hydrogen) atoms. The predicted octanol–water partition coefficient (Wildman–Crippen LogP) is 3.00. The van der Waals surface area contributed by atoms with Crippen LogP contribution in [-0.4, -0.2) is 0 Å². The van der Waals surface area contributed by atoms with Gasteiger partial charge in [0.15, 0.2) is 0 Å². The van der Waals surface area contributed by atoms with Crippen molar-refractivity contribution in [2.75, 3.05) is 0 Å². The zero-order valence-corrected chi connectivity index (χ0v) is 6.15. The minimum atomic E-state index is 0.773. The van der Waals surface area contributed by atoms with Crippen LogP contribution in [0.2, 0.25) is 0 Å². The third kappa shape index (κ3) is 3.91. The van der Waals surface area contributed by atoms with Crippen LogP contribution < -0.4 is 0 Å². The van der Waals surface area contributed by atoms with Crippen molar-refractivity contribution in [1.82, 2.24) is 0 Å². The molecule has 0 saturated carbocycles. The lowest BCUT2D eigenvalue weighted by Crippen LogP contribution is -1.82. The molecule has 0 aliphatic rings. The van der Waals surface area contributed by atoms with Crippen molar-refractivity contribution in [2.45, 2.75) is 33.6 Å². The number of hydrogen-bond acceptors (Lipinski definition) is 0. The molecule has 0 heteroatoms. The van der Waals surface area contributed by atoms with Crippen molar-refractivity contribution >= 4 is 0 Å². The van der Waals surface area contributed by atoms with Gasteiger partial charge in [0, 0.05) is 0 Å². The van der Waals surface area contributed by atoms with Gasteiger partial charge in [-0.1, -0.05) is 39.3 Å². The van der Waals surface area contributed by atoms with Gasteiger partial charge in [0.25, 0.3) is 0 Å². The monoisotopic (exact) mass is 112 g/mol. The topological polar surface area (TPSA) is 0 Å².